The predicted octanol–water partition coefficient (Wildman–Crippen LogP) is 4.50. The van der Waals surface area contributed by atoms with Gasteiger partial charge in [-0.05, 0) is 18.6 Å². The molecule has 1 atom stereocenters. The van der Waals surface area contributed by atoms with Crippen LogP contribution in [0.15, 0.2) is 57.5 Å². The van der Waals surface area contributed by atoms with Crippen LogP contribution in [-0.2, 0) is 11.3 Å². The summed E-state index contributed by atoms with van der Waals surface area (Å²) in [5, 5.41) is 4.02. The normalized spacial score (nSPS) is 17.1. The predicted molar refractivity (Wildman–Crippen MR) is 96.4 cm³/mol. The van der Waals surface area contributed by atoms with E-state index in [1.807, 2.05) is 30.3 Å². The number of carbonyl (C=O) groups excluding carboxylic acids is 1. The first-order valence-corrected chi connectivity index (χ1v) is 9.03. The number of hydrogen-bond acceptors (Lipinski definition) is 4. The first-order chi connectivity index (χ1) is 12.6. The van der Waals surface area contributed by atoms with E-state index in [0.29, 0.717) is 34.6 Å². The fourth-order valence-electron chi connectivity index (χ4n) is 3.10. The van der Waals surface area contributed by atoms with Gasteiger partial charge in [0, 0.05) is 28.6 Å². The Kier molecular flexibility index (Phi) is 4.55. The van der Waals surface area contributed by atoms with Gasteiger partial charge in [-0.2, -0.15) is 4.98 Å². The summed E-state index contributed by atoms with van der Waals surface area (Å²) in [6.07, 6.45) is 0.958. The molecular weight excluding hydrogens is 401 g/mol. The Balaban J connectivity index is 1.59. The number of amides is 1. The molecule has 2 heterocycles. The Morgan fingerprint density at radius 3 is 2.81 bits per heavy atom. The molecule has 5 nitrogen and oxygen atoms in total. The number of nitrogens with zero attached hydrogens (tertiary/aromatic N) is 3. The van der Waals surface area contributed by atoms with Gasteiger partial charge in [-0.25, -0.2) is 4.39 Å². The summed E-state index contributed by atoms with van der Waals surface area (Å²) < 4.78 is 20.2. The van der Waals surface area contributed by atoms with Crippen molar-refractivity contribution in [2.24, 2.45) is 0 Å². The monoisotopic (exact) mass is 415 g/mol. The van der Waals surface area contributed by atoms with E-state index in [1.54, 1.807) is 17.0 Å². The molecule has 1 fully saturated rings. The van der Waals surface area contributed by atoms with Crippen LogP contribution < -0.4 is 0 Å². The number of aromatic nitrogens is 2. The van der Waals surface area contributed by atoms with Crippen molar-refractivity contribution in [3.05, 3.63) is 70.3 Å². The maximum absolute atomic E-state index is 14.2. The summed E-state index contributed by atoms with van der Waals surface area (Å²) >= 11 is 3.24. The minimum Gasteiger partial charge on any atom is -0.337 e. The molecule has 3 aromatic rings. The molecule has 0 bridgehead atoms. The zero-order chi connectivity index (χ0) is 18.1. The van der Waals surface area contributed by atoms with Gasteiger partial charge < -0.3 is 9.42 Å². The van der Waals surface area contributed by atoms with Gasteiger partial charge in [-0.3, -0.25) is 4.79 Å². The van der Waals surface area contributed by atoms with Crippen molar-refractivity contribution in [2.45, 2.75) is 25.4 Å². The Morgan fingerprint density at radius 1 is 1.23 bits per heavy atom. The molecule has 4 rings (SSSR count). The van der Waals surface area contributed by atoms with E-state index in [-0.39, 0.29) is 24.3 Å². The SMILES string of the molecule is O=C1CCC(c2nc(-c3ccccc3)no2)N1Cc1ccc(Br)cc1F. The molecule has 1 aromatic heterocycles. The van der Waals surface area contributed by atoms with Crippen molar-refractivity contribution < 1.29 is 13.7 Å². The number of likely N-dealkylation sites (tertiary alicyclic amines) is 1. The largest absolute Gasteiger partial charge is 0.337 e. The Morgan fingerprint density at radius 2 is 2.04 bits per heavy atom. The van der Waals surface area contributed by atoms with E-state index in [1.165, 1.54) is 6.07 Å². The first-order valence-electron chi connectivity index (χ1n) is 8.24. The van der Waals surface area contributed by atoms with Crippen molar-refractivity contribution in [3.63, 3.8) is 0 Å². The van der Waals surface area contributed by atoms with Crippen molar-refractivity contribution in [1.82, 2.24) is 15.0 Å². The molecule has 0 N–H and O–H groups in total. The van der Waals surface area contributed by atoms with Crippen LogP contribution >= 0.6 is 15.9 Å². The summed E-state index contributed by atoms with van der Waals surface area (Å²) in [6.45, 7) is 0.172. The minimum absolute atomic E-state index is 0.0446. The molecular formula is C19H15BrFN3O2. The fourth-order valence-corrected chi connectivity index (χ4v) is 3.43. The standard InChI is InChI=1S/C19H15BrFN3O2/c20-14-7-6-13(15(21)10-14)11-24-16(8-9-17(24)25)19-22-18(23-26-19)12-4-2-1-3-5-12/h1-7,10,16H,8-9,11H2. The van der Waals surface area contributed by atoms with Crippen LogP contribution in [0.25, 0.3) is 11.4 Å². The summed E-state index contributed by atoms with van der Waals surface area (Å²) in [4.78, 5) is 18.4. The maximum atomic E-state index is 14.2. The third-order valence-electron chi connectivity index (χ3n) is 4.44. The van der Waals surface area contributed by atoms with Gasteiger partial charge >= 0.3 is 0 Å². The molecule has 1 aliphatic rings. The van der Waals surface area contributed by atoms with Crippen molar-refractivity contribution in [2.75, 3.05) is 0 Å². The number of halogens is 2. The Hall–Kier alpha value is -2.54. The highest BCUT2D eigenvalue weighted by atomic mass is 79.9. The van der Waals surface area contributed by atoms with Crippen LogP contribution in [0.3, 0.4) is 0 Å². The molecule has 1 aliphatic heterocycles. The minimum atomic E-state index is -0.353. The average Bonchev–Trinajstić information content (AvgIpc) is 3.26. The Bertz CT molecular complexity index is 945. The summed E-state index contributed by atoms with van der Waals surface area (Å²) in [5.74, 6) is 0.465. The zero-order valence-corrected chi connectivity index (χ0v) is 15.3. The van der Waals surface area contributed by atoms with Gasteiger partial charge in [0.2, 0.25) is 17.6 Å². The van der Waals surface area contributed by atoms with Gasteiger partial charge in [0.15, 0.2) is 0 Å². The lowest BCUT2D eigenvalue weighted by Crippen LogP contribution is -2.27. The maximum Gasteiger partial charge on any atom is 0.249 e. The first kappa shape index (κ1) is 16.9. The lowest BCUT2D eigenvalue weighted by Gasteiger charge is -2.22. The molecule has 1 unspecified atom stereocenters. The lowest BCUT2D eigenvalue weighted by molar-refractivity contribution is -0.130. The topological polar surface area (TPSA) is 59.2 Å². The third-order valence-corrected chi connectivity index (χ3v) is 4.94. The number of rotatable bonds is 4. The fraction of sp³-hybridized carbons (Fsp3) is 0.211. The second-order valence-electron chi connectivity index (χ2n) is 6.13. The quantitative estimate of drug-likeness (QED) is 0.629. The van der Waals surface area contributed by atoms with Crippen molar-refractivity contribution >= 4 is 21.8 Å². The van der Waals surface area contributed by atoms with Gasteiger partial charge in [-0.1, -0.05) is 57.5 Å². The molecule has 0 spiro atoms. The molecule has 2 aromatic carbocycles. The zero-order valence-electron chi connectivity index (χ0n) is 13.7. The van der Waals surface area contributed by atoms with Crippen LogP contribution in [0.2, 0.25) is 0 Å². The molecule has 0 radical (unpaired) electrons. The second kappa shape index (κ2) is 6.99. The van der Waals surface area contributed by atoms with Gasteiger partial charge in [0.25, 0.3) is 0 Å². The summed E-state index contributed by atoms with van der Waals surface area (Å²) in [7, 11) is 0. The number of hydrogen-bond donors (Lipinski definition) is 0. The van der Waals surface area contributed by atoms with Gasteiger partial charge in [-0.15, -0.1) is 0 Å². The third kappa shape index (κ3) is 3.26. The van der Waals surface area contributed by atoms with Crippen molar-refractivity contribution in [1.29, 1.82) is 0 Å². The molecule has 7 heteroatoms. The van der Waals surface area contributed by atoms with Crippen LogP contribution in [0, 0.1) is 5.82 Å². The van der Waals surface area contributed by atoms with Crippen LogP contribution in [-0.4, -0.2) is 20.9 Å². The average molecular weight is 416 g/mol. The van der Waals surface area contributed by atoms with Crippen LogP contribution in [0.4, 0.5) is 4.39 Å². The van der Waals surface area contributed by atoms with Crippen LogP contribution in [0.5, 0.6) is 0 Å². The van der Waals surface area contributed by atoms with Gasteiger partial charge in [0.1, 0.15) is 11.9 Å². The lowest BCUT2D eigenvalue weighted by atomic mass is 10.1. The van der Waals surface area contributed by atoms with Crippen LogP contribution in [0.1, 0.15) is 30.3 Å². The van der Waals surface area contributed by atoms with E-state index in [4.69, 9.17) is 4.52 Å². The molecule has 1 saturated heterocycles. The molecule has 0 saturated carbocycles. The Labute approximate surface area is 158 Å². The highest BCUT2D eigenvalue weighted by Gasteiger charge is 2.36. The number of carbonyl (C=O) groups is 1. The molecule has 1 amide bonds. The molecule has 132 valence electrons. The highest BCUT2D eigenvalue weighted by molar-refractivity contribution is 9.10. The van der Waals surface area contributed by atoms with Crippen molar-refractivity contribution in [3.8, 4) is 11.4 Å². The smallest absolute Gasteiger partial charge is 0.249 e. The van der Waals surface area contributed by atoms with E-state index in [2.05, 4.69) is 26.1 Å². The summed E-state index contributed by atoms with van der Waals surface area (Å²) in [6, 6.07) is 14.0. The van der Waals surface area contributed by atoms with E-state index in [9.17, 15) is 9.18 Å². The molecule has 26 heavy (non-hydrogen) atoms. The van der Waals surface area contributed by atoms with E-state index in [0.717, 1.165) is 5.56 Å². The van der Waals surface area contributed by atoms with Gasteiger partial charge in [0.05, 0.1) is 0 Å². The second-order valence-corrected chi connectivity index (χ2v) is 7.05. The number of benzene rings is 2. The van der Waals surface area contributed by atoms with E-state index < -0.39 is 0 Å². The van der Waals surface area contributed by atoms with E-state index >= 15 is 0 Å². The summed E-state index contributed by atoms with van der Waals surface area (Å²) in [5.41, 5.74) is 1.30. The molecule has 0 aliphatic carbocycles. The highest BCUT2D eigenvalue weighted by Crippen LogP contribution is 2.34.